The summed E-state index contributed by atoms with van der Waals surface area (Å²) < 4.78 is 0. The molecule has 2 N–H and O–H groups in total. The number of nitrogens with one attached hydrogen (secondary N) is 1. The third kappa shape index (κ3) is 4.37. The van der Waals surface area contributed by atoms with Crippen molar-refractivity contribution < 1.29 is 5.11 Å². The van der Waals surface area contributed by atoms with Crippen LogP contribution in [0.25, 0.3) is 10.9 Å². The summed E-state index contributed by atoms with van der Waals surface area (Å²) in [5.74, 6) is 2.10. The van der Waals surface area contributed by atoms with E-state index in [-0.39, 0.29) is 6.10 Å². The molecule has 30 heavy (non-hydrogen) atoms. The summed E-state index contributed by atoms with van der Waals surface area (Å²) in [6, 6.07) is 0.880. The van der Waals surface area contributed by atoms with Crippen molar-refractivity contribution in [3.8, 4) is 0 Å². The Balaban J connectivity index is 1.72. The minimum absolute atomic E-state index is 0.162. The van der Waals surface area contributed by atoms with Crippen LogP contribution in [0.1, 0.15) is 63.9 Å². The van der Waals surface area contributed by atoms with E-state index in [0.29, 0.717) is 23.9 Å². The maximum atomic E-state index is 9.95. The van der Waals surface area contributed by atoms with Gasteiger partial charge in [-0.25, -0.2) is 15.0 Å². The van der Waals surface area contributed by atoms with E-state index >= 15 is 0 Å². The zero-order valence-electron chi connectivity index (χ0n) is 18.8. The number of aliphatic hydroxyl groups is 1. The normalized spacial score (nSPS) is 25.8. The van der Waals surface area contributed by atoms with Crippen molar-refractivity contribution in [1.82, 2.24) is 19.9 Å². The lowest BCUT2D eigenvalue weighted by atomic mass is 9.82. The monoisotopic (exact) mass is 412 g/mol. The molecule has 2 aromatic heterocycles. The van der Waals surface area contributed by atoms with Crippen molar-refractivity contribution in [1.29, 1.82) is 0 Å². The first kappa shape index (κ1) is 21.2. The van der Waals surface area contributed by atoms with Crippen LogP contribution in [0.2, 0.25) is 0 Å². The summed E-state index contributed by atoms with van der Waals surface area (Å²) in [4.78, 5) is 19.2. The van der Waals surface area contributed by atoms with E-state index in [1.165, 1.54) is 5.56 Å². The van der Waals surface area contributed by atoms with Crippen LogP contribution in [-0.4, -0.2) is 70.3 Å². The molecule has 4 rings (SSSR count). The van der Waals surface area contributed by atoms with Gasteiger partial charge < -0.3 is 20.2 Å². The van der Waals surface area contributed by atoms with Crippen LogP contribution in [0.15, 0.2) is 12.4 Å². The number of hydrogen-bond donors (Lipinski definition) is 2. The van der Waals surface area contributed by atoms with Crippen molar-refractivity contribution in [3.05, 3.63) is 18.0 Å². The highest BCUT2D eigenvalue weighted by molar-refractivity contribution is 5.92. The number of pyridine rings is 1. The van der Waals surface area contributed by atoms with Gasteiger partial charge in [0.05, 0.1) is 17.0 Å². The Morgan fingerprint density at radius 1 is 1.17 bits per heavy atom. The first-order valence-electron chi connectivity index (χ1n) is 11.5. The highest BCUT2D eigenvalue weighted by atomic mass is 16.3. The second-order valence-corrected chi connectivity index (χ2v) is 9.30. The Morgan fingerprint density at radius 3 is 2.60 bits per heavy atom. The number of hydrogen-bond acceptors (Lipinski definition) is 7. The molecule has 2 fully saturated rings. The summed E-state index contributed by atoms with van der Waals surface area (Å²) in [6.45, 7) is 6.30. The largest absolute Gasteiger partial charge is 0.393 e. The number of nitrogens with zero attached hydrogens (tertiary/aromatic N) is 5. The molecule has 0 bridgehead atoms. The van der Waals surface area contributed by atoms with Gasteiger partial charge >= 0.3 is 0 Å². The minimum Gasteiger partial charge on any atom is -0.393 e. The minimum atomic E-state index is -0.162. The number of aliphatic hydroxyl groups excluding tert-OH is 1. The molecular formula is C23H36N6O. The van der Waals surface area contributed by atoms with Gasteiger partial charge in [-0.2, -0.15) is 0 Å². The van der Waals surface area contributed by atoms with Gasteiger partial charge in [0.1, 0.15) is 5.82 Å². The standard InChI is InChI=1S/C23H36N6O/c1-5-15(2)26-23-25-13-20-21(27-23)19(16-6-8-18(30)9-7-16)12-24-22(20)29-11-10-17(14-29)28(3)4/h12-13,15-18,30H,5-11,14H2,1-4H3,(H,25,26,27)/t15-,16?,17+,18?/m0/s1. The first-order chi connectivity index (χ1) is 14.5. The summed E-state index contributed by atoms with van der Waals surface area (Å²) in [7, 11) is 4.30. The fourth-order valence-electron chi connectivity index (χ4n) is 4.71. The maximum absolute atomic E-state index is 9.95. The predicted octanol–water partition coefficient (Wildman–Crippen LogP) is 3.39. The maximum Gasteiger partial charge on any atom is 0.223 e. The van der Waals surface area contributed by atoms with Crippen LogP contribution >= 0.6 is 0 Å². The molecule has 0 radical (unpaired) electrons. The smallest absolute Gasteiger partial charge is 0.223 e. The Bertz CT molecular complexity index is 864. The van der Waals surface area contributed by atoms with Crippen molar-refractivity contribution in [2.75, 3.05) is 37.4 Å². The fraction of sp³-hybridized carbons (Fsp3) is 0.696. The van der Waals surface area contributed by atoms with E-state index in [9.17, 15) is 5.11 Å². The van der Waals surface area contributed by atoms with Crippen LogP contribution in [0.4, 0.5) is 11.8 Å². The topological polar surface area (TPSA) is 77.4 Å². The molecule has 7 heteroatoms. The molecule has 2 atom stereocenters. The molecule has 7 nitrogen and oxygen atoms in total. The van der Waals surface area contributed by atoms with Crippen LogP contribution in [0.3, 0.4) is 0 Å². The van der Waals surface area contributed by atoms with Crippen LogP contribution < -0.4 is 10.2 Å². The van der Waals surface area contributed by atoms with Gasteiger partial charge in [0.2, 0.25) is 5.95 Å². The van der Waals surface area contributed by atoms with E-state index in [2.05, 4.69) is 48.0 Å². The first-order valence-corrected chi connectivity index (χ1v) is 11.5. The van der Waals surface area contributed by atoms with Crippen LogP contribution in [-0.2, 0) is 0 Å². The molecule has 1 aliphatic heterocycles. The molecule has 0 spiro atoms. The van der Waals surface area contributed by atoms with Gasteiger partial charge in [-0.3, -0.25) is 0 Å². The van der Waals surface area contributed by atoms with Crippen LogP contribution in [0.5, 0.6) is 0 Å². The average Bonchev–Trinajstić information content (AvgIpc) is 3.24. The highest BCUT2D eigenvalue weighted by Gasteiger charge is 2.29. The average molecular weight is 413 g/mol. The van der Waals surface area contributed by atoms with E-state index in [0.717, 1.165) is 68.3 Å². The third-order valence-corrected chi connectivity index (χ3v) is 6.95. The lowest BCUT2D eigenvalue weighted by molar-refractivity contribution is 0.122. The summed E-state index contributed by atoms with van der Waals surface area (Å²) in [6.07, 6.45) is 9.70. The van der Waals surface area contributed by atoms with Crippen molar-refractivity contribution in [2.24, 2.45) is 0 Å². The molecule has 0 amide bonds. The molecule has 164 valence electrons. The van der Waals surface area contributed by atoms with Crippen molar-refractivity contribution in [3.63, 3.8) is 0 Å². The Labute approximate surface area is 179 Å². The zero-order chi connectivity index (χ0) is 21.3. The number of aromatic nitrogens is 3. The zero-order valence-corrected chi connectivity index (χ0v) is 18.8. The number of fused-ring (bicyclic) bond motifs is 1. The number of rotatable bonds is 6. The van der Waals surface area contributed by atoms with Gasteiger partial charge in [-0.1, -0.05) is 6.92 Å². The molecule has 1 saturated heterocycles. The lowest BCUT2D eigenvalue weighted by Crippen LogP contribution is -2.31. The van der Waals surface area contributed by atoms with Crippen molar-refractivity contribution in [2.45, 2.75) is 76.5 Å². The molecular weight excluding hydrogens is 376 g/mol. The Kier molecular flexibility index (Phi) is 6.39. The molecule has 3 heterocycles. The molecule has 0 aromatic carbocycles. The molecule has 0 unspecified atom stereocenters. The van der Waals surface area contributed by atoms with E-state index < -0.39 is 0 Å². The molecule has 2 aliphatic rings. The van der Waals surface area contributed by atoms with E-state index in [1.807, 2.05) is 12.4 Å². The Hall–Kier alpha value is -1.99. The molecule has 2 aromatic rings. The summed E-state index contributed by atoms with van der Waals surface area (Å²) in [5, 5.41) is 14.4. The van der Waals surface area contributed by atoms with E-state index in [4.69, 9.17) is 9.97 Å². The fourth-order valence-corrected chi connectivity index (χ4v) is 4.71. The Morgan fingerprint density at radius 2 is 1.93 bits per heavy atom. The second kappa shape index (κ2) is 9.02. The van der Waals surface area contributed by atoms with Gasteiger partial charge in [0.15, 0.2) is 0 Å². The SMILES string of the molecule is CC[C@H](C)Nc1ncc2c(N3CC[C@@H](N(C)C)C3)ncc(C3CCC(O)CC3)c2n1. The van der Waals surface area contributed by atoms with Crippen molar-refractivity contribution >= 4 is 22.7 Å². The van der Waals surface area contributed by atoms with E-state index in [1.54, 1.807) is 0 Å². The molecule has 1 saturated carbocycles. The lowest BCUT2D eigenvalue weighted by Gasteiger charge is -2.27. The summed E-state index contributed by atoms with van der Waals surface area (Å²) >= 11 is 0. The third-order valence-electron chi connectivity index (χ3n) is 6.95. The van der Waals surface area contributed by atoms with Gasteiger partial charge in [0.25, 0.3) is 0 Å². The second-order valence-electron chi connectivity index (χ2n) is 9.30. The number of likely N-dealkylation sites (N-methyl/N-ethyl adjacent to an activating group) is 1. The van der Waals surface area contributed by atoms with Crippen LogP contribution in [0, 0.1) is 0 Å². The van der Waals surface area contributed by atoms with Gasteiger partial charge in [-0.15, -0.1) is 0 Å². The van der Waals surface area contributed by atoms with Gasteiger partial charge in [-0.05, 0) is 65.5 Å². The number of anilines is 2. The highest BCUT2D eigenvalue weighted by Crippen LogP contribution is 2.38. The molecule has 1 aliphatic carbocycles. The summed E-state index contributed by atoms with van der Waals surface area (Å²) in [5.41, 5.74) is 2.23. The quantitative estimate of drug-likeness (QED) is 0.753. The van der Waals surface area contributed by atoms with Gasteiger partial charge in [0, 0.05) is 43.1 Å². The predicted molar refractivity (Wildman–Crippen MR) is 122 cm³/mol.